The van der Waals surface area contributed by atoms with Gasteiger partial charge in [-0.15, -0.1) is 0 Å². The van der Waals surface area contributed by atoms with Crippen LogP contribution < -0.4 is 4.90 Å². The molecule has 6 atom stereocenters. The molecule has 162 valence electrons. The molecule has 3 fully saturated rings. The number of amides is 3. The molecule has 1 aliphatic heterocycles. The summed E-state index contributed by atoms with van der Waals surface area (Å²) in [7, 11) is 0. The second-order valence-electron chi connectivity index (χ2n) is 9.43. The number of carbonyl (C=O) groups excluding carboxylic acids is 3. The number of rotatable bonds is 4. The minimum atomic E-state index is -0.263. The molecule has 0 spiro atoms. The lowest BCUT2D eigenvalue weighted by Crippen LogP contribution is -2.45. The lowest BCUT2D eigenvalue weighted by atomic mass is 9.63. The van der Waals surface area contributed by atoms with Crippen LogP contribution in [0.1, 0.15) is 22.3 Å². The third kappa shape index (κ3) is 2.85. The SMILES string of the molecule is Cc1cc(Br)ccc1N(CN1C(=O)C2C3C=CC(C4CC34)C2C1=O)C(=O)c1ccccc1. The number of benzene rings is 2. The predicted molar refractivity (Wildman–Crippen MR) is 124 cm³/mol. The Bertz CT molecular complexity index is 1140. The number of halogens is 1. The summed E-state index contributed by atoms with van der Waals surface area (Å²) in [5.74, 6) is 0.457. The van der Waals surface area contributed by atoms with Crippen molar-refractivity contribution in [3.05, 3.63) is 76.3 Å². The van der Waals surface area contributed by atoms with Crippen molar-refractivity contribution in [1.82, 2.24) is 4.90 Å². The molecule has 1 saturated heterocycles. The monoisotopic (exact) mass is 490 g/mol. The number of hydrogen-bond donors (Lipinski definition) is 0. The Kier molecular flexibility index (Phi) is 4.44. The van der Waals surface area contributed by atoms with E-state index in [4.69, 9.17) is 0 Å². The first-order chi connectivity index (χ1) is 15.5. The summed E-state index contributed by atoms with van der Waals surface area (Å²) in [6, 6.07) is 14.7. The third-order valence-corrected chi connectivity index (χ3v) is 8.25. The summed E-state index contributed by atoms with van der Waals surface area (Å²) < 4.78 is 0.909. The van der Waals surface area contributed by atoms with Gasteiger partial charge >= 0.3 is 0 Å². The fourth-order valence-electron chi connectivity index (χ4n) is 6.21. The number of hydrogen-bond acceptors (Lipinski definition) is 3. The minimum Gasteiger partial charge on any atom is -0.289 e. The van der Waals surface area contributed by atoms with Gasteiger partial charge in [-0.1, -0.05) is 46.3 Å². The van der Waals surface area contributed by atoms with E-state index in [9.17, 15) is 14.4 Å². The van der Waals surface area contributed by atoms with Crippen LogP contribution in [-0.2, 0) is 9.59 Å². The van der Waals surface area contributed by atoms with E-state index in [2.05, 4.69) is 28.1 Å². The molecule has 0 radical (unpaired) electrons. The van der Waals surface area contributed by atoms with Gasteiger partial charge in [-0.25, -0.2) is 0 Å². The normalized spacial score (nSPS) is 31.5. The average Bonchev–Trinajstić information content (AvgIpc) is 3.58. The molecule has 2 aromatic carbocycles. The molecule has 7 rings (SSSR count). The Labute approximate surface area is 195 Å². The standard InChI is InChI=1S/C26H23BrN2O3/c1-14-11-16(27)7-10-21(14)28(24(30)15-5-3-2-4-6-15)13-29-25(31)22-17-8-9-18(20-12-19(17)20)23(22)26(29)32/h2-11,17-20,22-23H,12-13H2,1H3. The van der Waals surface area contributed by atoms with Crippen LogP contribution in [0, 0.1) is 42.4 Å². The van der Waals surface area contributed by atoms with Crippen LogP contribution in [0.5, 0.6) is 0 Å². The van der Waals surface area contributed by atoms with E-state index in [1.165, 1.54) is 4.90 Å². The number of likely N-dealkylation sites (tertiary alicyclic amines) is 1. The summed E-state index contributed by atoms with van der Waals surface area (Å²) in [6.07, 6.45) is 5.47. The minimum absolute atomic E-state index is 0.0599. The third-order valence-electron chi connectivity index (χ3n) is 7.75. The molecule has 0 aromatic heterocycles. The molecule has 6 unspecified atom stereocenters. The van der Waals surface area contributed by atoms with Crippen LogP contribution in [0.3, 0.4) is 0 Å². The van der Waals surface area contributed by atoms with Gasteiger partial charge in [0.15, 0.2) is 0 Å². The van der Waals surface area contributed by atoms with Crippen molar-refractivity contribution in [2.45, 2.75) is 13.3 Å². The summed E-state index contributed by atoms with van der Waals surface area (Å²) in [6.45, 7) is 1.87. The zero-order valence-electron chi connectivity index (χ0n) is 17.6. The summed E-state index contributed by atoms with van der Waals surface area (Å²) in [5, 5.41) is 0. The number of carbonyl (C=O) groups is 3. The second-order valence-corrected chi connectivity index (χ2v) is 10.3. The maximum Gasteiger partial charge on any atom is 0.259 e. The van der Waals surface area contributed by atoms with Crippen molar-refractivity contribution in [3.63, 3.8) is 0 Å². The van der Waals surface area contributed by atoms with Crippen LogP contribution >= 0.6 is 15.9 Å². The van der Waals surface area contributed by atoms with Gasteiger partial charge in [0.05, 0.1) is 11.8 Å². The fraction of sp³-hybridized carbons (Fsp3) is 0.346. The van der Waals surface area contributed by atoms with Crippen molar-refractivity contribution in [2.24, 2.45) is 35.5 Å². The Balaban J connectivity index is 1.36. The van der Waals surface area contributed by atoms with Crippen molar-refractivity contribution >= 4 is 39.3 Å². The Morgan fingerprint density at radius 1 is 1.00 bits per heavy atom. The first kappa shape index (κ1) is 19.9. The van der Waals surface area contributed by atoms with Gasteiger partial charge < -0.3 is 0 Å². The predicted octanol–water partition coefficient (Wildman–Crippen LogP) is 4.41. The first-order valence-corrected chi connectivity index (χ1v) is 11.9. The highest BCUT2D eigenvalue weighted by Crippen LogP contribution is 2.65. The highest BCUT2D eigenvalue weighted by atomic mass is 79.9. The summed E-state index contributed by atoms with van der Waals surface area (Å²) in [4.78, 5) is 43.5. The van der Waals surface area contributed by atoms with Gasteiger partial charge in [0.25, 0.3) is 5.91 Å². The largest absolute Gasteiger partial charge is 0.289 e. The Hall–Kier alpha value is -2.73. The number of imide groups is 1. The second kappa shape index (κ2) is 7.14. The topological polar surface area (TPSA) is 57.7 Å². The van der Waals surface area contributed by atoms with Crippen molar-refractivity contribution in [2.75, 3.05) is 11.6 Å². The molecule has 32 heavy (non-hydrogen) atoms. The van der Waals surface area contributed by atoms with Gasteiger partial charge in [0.1, 0.15) is 6.67 Å². The quantitative estimate of drug-likeness (QED) is 0.470. The lowest BCUT2D eigenvalue weighted by molar-refractivity contribution is -0.140. The maximum atomic E-state index is 13.6. The molecule has 5 nitrogen and oxygen atoms in total. The van der Waals surface area contributed by atoms with E-state index in [1.807, 2.05) is 43.3 Å². The van der Waals surface area contributed by atoms with Crippen molar-refractivity contribution in [1.29, 1.82) is 0 Å². The van der Waals surface area contributed by atoms with Crippen LogP contribution in [0.25, 0.3) is 0 Å². The molecule has 4 aliphatic carbocycles. The van der Waals surface area contributed by atoms with Gasteiger partial charge in [0.2, 0.25) is 11.8 Å². The van der Waals surface area contributed by atoms with Gasteiger partial charge in [-0.2, -0.15) is 0 Å². The molecule has 1 heterocycles. The maximum absolute atomic E-state index is 13.6. The van der Waals surface area contributed by atoms with Crippen LogP contribution in [0.2, 0.25) is 0 Å². The summed E-state index contributed by atoms with van der Waals surface area (Å²) in [5.41, 5.74) is 2.11. The van der Waals surface area contributed by atoms with Crippen LogP contribution in [0.15, 0.2) is 65.2 Å². The molecular formula is C26H23BrN2O3. The number of nitrogens with zero attached hydrogens (tertiary/aromatic N) is 2. The molecule has 3 amide bonds. The fourth-order valence-corrected chi connectivity index (χ4v) is 6.68. The molecule has 2 aromatic rings. The van der Waals surface area contributed by atoms with Crippen molar-refractivity contribution in [3.8, 4) is 0 Å². The zero-order chi connectivity index (χ0) is 22.1. The van der Waals surface area contributed by atoms with E-state index in [1.54, 1.807) is 17.0 Å². The van der Waals surface area contributed by atoms with E-state index >= 15 is 0 Å². The first-order valence-electron chi connectivity index (χ1n) is 11.1. The van der Waals surface area contributed by atoms with Gasteiger partial charge in [0, 0.05) is 15.7 Å². The van der Waals surface area contributed by atoms with Crippen LogP contribution in [-0.4, -0.2) is 29.3 Å². The van der Waals surface area contributed by atoms with Gasteiger partial charge in [-0.05, 0) is 72.9 Å². The lowest BCUT2D eigenvalue weighted by Gasteiger charge is -2.37. The zero-order valence-corrected chi connectivity index (χ0v) is 19.2. The van der Waals surface area contributed by atoms with Crippen LogP contribution in [0.4, 0.5) is 5.69 Å². The molecule has 2 bridgehead atoms. The molecule has 2 saturated carbocycles. The number of anilines is 1. The highest BCUT2D eigenvalue weighted by Gasteiger charge is 2.67. The molecular weight excluding hydrogens is 468 g/mol. The summed E-state index contributed by atoms with van der Waals surface area (Å²) >= 11 is 3.48. The van der Waals surface area contributed by atoms with Crippen molar-refractivity contribution < 1.29 is 14.4 Å². The smallest absolute Gasteiger partial charge is 0.259 e. The molecule has 6 heteroatoms. The van der Waals surface area contributed by atoms with E-state index < -0.39 is 0 Å². The Morgan fingerprint density at radius 2 is 1.62 bits per heavy atom. The average molecular weight is 491 g/mol. The van der Waals surface area contributed by atoms with E-state index in [0.717, 1.165) is 16.5 Å². The van der Waals surface area contributed by atoms with E-state index in [-0.39, 0.29) is 48.1 Å². The molecule has 0 N–H and O–H groups in total. The highest BCUT2D eigenvalue weighted by molar-refractivity contribution is 9.10. The number of allylic oxidation sites excluding steroid dienone is 2. The van der Waals surface area contributed by atoms with Gasteiger partial charge in [-0.3, -0.25) is 24.2 Å². The number of aryl methyl sites for hydroxylation is 1. The molecule has 5 aliphatic rings. The van der Waals surface area contributed by atoms with E-state index in [0.29, 0.717) is 23.1 Å². The Morgan fingerprint density at radius 3 is 2.22 bits per heavy atom.